The van der Waals surface area contributed by atoms with Crippen LogP contribution in [0.3, 0.4) is 0 Å². The van der Waals surface area contributed by atoms with E-state index in [0.717, 1.165) is 25.9 Å². The molecule has 0 saturated carbocycles. The molecule has 7 heteroatoms. The van der Waals surface area contributed by atoms with E-state index in [-0.39, 0.29) is 10.6 Å². The number of ether oxygens (including phenoxy) is 1. The fourth-order valence-electron chi connectivity index (χ4n) is 3.21. The molecule has 0 radical (unpaired) electrons. The lowest BCUT2D eigenvalue weighted by Crippen LogP contribution is -2.51. The van der Waals surface area contributed by atoms with Gasteiger partial charge in [0.25, 0.3) is 0 Å². The van der Waals surface area contributed by atoms with E-state index in [1.54, 1.807) is 16.4 Å². The number of hydrogen-bond acceptors (Lipinski definition) is 5. The quantitative estimate of drug-likeness (QED) is 0.834. The molecule has 1 atom stereocenters. The summed E-state index contributed by atoms with van der Waals surface area (Å²) in [5, 5.41) is 0. The minimum Gasteiger partial charge on any atom is -0.497 e. The van der Waals surface area contributed by atoms with Crippen LogP contribution >= 0.6 is 0 Å². The number of nitrogens with zero attached hydrogens (tertiary/aromatic N) is 2. The average molecular weight is 311 g/mol. The van der Waals surface area contributed by atoms with Gasteiger partial charge in [-0.1, -0.05) is 0 Å². The number of rotatable bonds is 3. The van der Waals surface area contributed by atoms with Crippen LogP contribution in [0.25, 0.3) is 0 Å². The third-order valence-electron chi connectivity index (χ3n) is 4.38. The summed E-state index contributed by atoms with van der Waals surface area (Å²) in [6, 6.07) is 5.08. The minimum absolute atomic E-state index is 0.176. The molecular formula is C14H21N3O3S. The number of nitrogens with two attached hydrogens (primary N) is 1. The number of anilines is 1. The first-order chi connectivity index (χ1) is 10.0. The molecule has 2 aliphatic heterocycles. The minimum atomic E-state index is -3.53. The van der Waals surface area contributed by atoms with Crippen molar-refractivity contribution in [2.45, 2.75) is 23.8 Å². The molecule has 0 aliphatic carbocycles. The molecule has 3 rings (SSSR count). The highest BCUT2D eigenvalue weighted by Crippen LogP contribution is 2.29. The van der Waals surface area contributed by atoms with Crippen molar-refractivity contribution in [3.8, 4) is 5.75 Å². The Bertz CT molecular complexity index is 632. The van der Waals surface area contributed by atoms with Crippen molar-refractivity contribution in [1.29, 1.82) is 0 Å². The molecule has 2 heterocycles. The van der Waals surface area contributed by atoms with E-state index in [9.17, 15) is 8.42 Å². The van der Waals surface area contributed by atoms with Gasteiger partial charge in [-0.25, -0.2) is 8.42 Å². The van der Waals surface area contributed by atoms with Crippen molar-refractivity contribution in [3.05, 3.63) is 18.2 Å². The van der Waals surface area contributed by atoms with Gasteiger partial charge >= 0.3 is 0 Å². The van der Waals surface area contributed by atoms with Crippen molar-refractivity contribution in [2.24, 2.45) is 0 Å². The van der Waals surface area contributed by atoms with E-state index < -0.39 is 10.0 Å². The van der Waals surface area contributed by atoms with E-state index in [0.29, 0.717) is 24.9 Å². The van der Waals surface area contributed by atoms with Gasteiger partial charge in [0, 0.05) is 31.7 Å². The Balaban J connectivity index is 1.86. The summed E-state index contributed by atoms with van der Waals surface area (Å²) in [4.78, 5) is 2.55. The monoisotopic (exact) mass is 311 g/mol. The van der Waals surface area contributed by atoms with E-state index in [4.69, 9.17) is 10.5 Å². The molecule has 2 N–H and O–H groups in total. The first kappa shape index (κ1) is 14.6. The van der Waals surface area contributed by atoms with Crippen LogP contribution in [0.4, 0.5) is 5.69 Å². The van der Waals surface area contributed by atoms with Crippen LogP contribution in [-0.4, -0.2) is 57.0 Å². The SMILES string of the molecule is COc1ccc(S(=O)(=O)N2CCN3CCCC3C2)c(N)c1. The molecule has 0 amide bonds. The number of benzene rings is 1. The van der Waals surface area contributed by atoms with Gasteiger partial charge in [-0.15, -0.1) is 0 Å². The summed E-state index contributed by atoms with van der Waals surface area (Å²) in [5.74, 6) is 0.562. The second kappa shape index (κ2) is 5.47. The summed E-state index contributed by atoms with van der Waals surface area (Å²) in [5.41, 5.74) is 6.14. The molecular weight excluding hydrogens is 290 g/mol. The molecule has 2 fully saturated rings. The number of nitrogen functional groups attached to an aromatic ring is 1. The van der Waals surface area contributed by atoms with Gasteiger partial charge in [-0.05, 0) is 31.5 Å². The lowest BCUT2D eigenvalue weighted by molar-refractivity contribution is 0.158. The van der Waals surface area contributed by atoms with Crippen molar-refractivity contribution < 1.29 is 13.2 Å². The van der Waals surface area contributed by atoms with Gasteiger partial charge in [0.1, 0.15) is 10.6 Å². The van der Waals surface area contributed by atoms with Crippen molar-refractivity contribution in [1.82, 2.24) is 9.21 Å². The second-order valence-electron chi connectivity index (χ2n) is 5.60. The first-order valence-electron chi connectivity index (χ1n) is 7.20. The Labute approximate surface area is 125 Å². The number of hydrogen-bond donors (Lipinski definition) is 1. The maximum Gasteiger partial charge on any atom is 0.245 e. The molecule has 1 aromatic carbocycles. The highest BCUT2D eigenvalue weighted by Gasteiger charge is 2.36. The zero-order chi connectivity index (χ0) is 15.0. The number of fused-ring (bicyclic) bond motifs is 1. The van der Waals surface area contributed by atoms with Gasteiger partial charge < -0.3 is 10.5 Å². The van der Waals surface area contributed by atoms with Crippen LogP contribution < -0.4 is 10.5 Å². The van der Waals surface area contributed by atoms with E-state index in [2.05, 4.69) is 4.90 Å². The zero-order valence-electron chi connectivity index (χ0n) is 12.2. The van der Waals surface area contributed by atoms with Gasteiger partial charge in [0.05, 0.1) is 12.8 Å². The number of piperazine rings is 1. The molecule has 0 aromatic heterocycles. The Morgan fingerprint density at radius 3 is 2.81 bits per heavy atom. The summed E-state index contributed by atoms with van der Waals surface area (Å²) < 4.78 is 32.2. The third-order valence-corrected chi connectivity index (χ3v) is 6.32. The number of methoxy groups -OCH3 is 1. The van der Waals surface area contributed by atoms with E-state index in [1.165, 1.54) is 13.2 Å². The highest BCUT2D eigenvalue weighted by atomic mass is 32.2. The molecule has 2 saturated heterocycles. The molecule has 21 heavy (non-hydrogen) atoms. The van der Waals surface area contributed by atoms with Crippen LogP contribution in [0.2, 0.25) is 0 Å². The standard InChI is InChI=1S/C14H21N3O3S/c1-20-12-4-5-14(13(15)9-12)21(18,19)17-8-7-16-6-2-3-11(16)10-17/h4-5,9,11H,2-3,6-8,10,15H2,1H3. The molecule has 0 spiro atoms. The predicted molar refractivity (Wildman–Crippen MR) is 80.8 cm³/mol. The first-order valence-corrected chi connectivity index (χ1v) is 8.64. The average Bonchev–Trinajstić information content (AvgIpc) is 2.94. The normalized spacial score (nSPS) is 24.0. The van der Waals surface area contributed by atoms with Crippen molar-refractivity contribution in [3.63, 3.8) is 0 Å². The van der Waals surface area contributed by atoms with Crippen LogP contribution in [-0.2, 0) is 10.0 Å². The van der Waals surface area contributed by atoms with E-state index in [1.807, 2.05) is 0 Å². The fourth-order valence-corrected chi connectivity index (χ4v) is 4.77. The molecule has 1 aromatic rings. The molecule has 2 aliphatic rings. The van der Waals surface area contributed by atoms with Crippen LogP contribution in [0, 0.1) is 0 Å². The molecule has 116 valence electrons. The Kier molecular flexibility index (Phi) is 3.81. The highest BCUT2D eigenvalue weighted by molar-refractivity contribution is 7.89. The van der Waals surface area contributed by atoms with Crippen LogP contribution in [0.5, 0.6) is 5.75 Å². The Morgan fingerprint density at radius 2 is 2.10 bits per heavy atom. The fraction of sp³-hybridized carbons (Fsp3) is 0.571. The number of sulfonamides is 1. The zero-order valence-corrected chi connectivity index (χ0v) is 13.0. The van der Waals surface area contributed by atoms with Crippen molar-refractivity contribution in [2.75, 3.05) is 39.0 Å². The Hall–Kier alpha value is -1.31. The lowest BCUT2D eigenvalue weighted by Gasteiger charge is -2.36. The topological polar surface area (TPSA) is 75.9 Å². The van der Waals surface area contributed by atoms with Gasteiger partial charge in [-0.3, -0.25) is 4.90 Å². The van der Waals surface area contributed by atoms with Crippen LogP contribution in [0.1, 0.15) is 12.8 Å². The smallest absolute Gasteiger partial charge is 0.245 e. The summed E-state index contributed by atoms with van der Waals surface area (Å²) >= 11 is 0. The predicted octanol–water partition coefficient (Wildman–Crippen LogP) is 0.746. The summed E-state index contributed by atoms with van der Waals surface area (Å²) in [6.45, 7) is 2.99. The van der Waals surface area contributed by atoms with Gasteiger partial charge in [0.2, 0.25) is 10.0 Å². The molecule has 6 nitrogen and oxygen atoms in total. The summed E-state index contributed by atoms with van der Waals surface area (Å²) in [7, 11) is -2.00. The van der Waals surface area contributed by atoms with Gasteiger partial charge in [-0.2, -0.15) is 4.31 Å². The lowest BCUT2D eigenvalue weighted by atomic mass is 10.2. The maximum atomic E-state index is 12.8. The Morgan fingerprint density at radius 1 is 1.29 bits per heavy atom. The maximum absolute atomic E-state index is 12.8. The van der Waals surface area contributed by atoms with Crippen molar-refractivity contribution >= 4 is 15.7 Å². The molecule has 0 bridgehead atoms. The third kappa shape index (κ3) is 2.61. The molecule has 1 unspecified atom stereocenters. The largest absolute Gasteiger partial charge is 0.497 e. The second-order valence-corrected chi connectivity index (χ2v) is 7.51. The summed E-state index contributed by atoms with van der Waals surface area (Å²) in [6.07, 6.45) is 2.23. The van der Waals surface area contributed by atoms with E-state index >= 15 is 0 Å². The van der Waals surface area contributed by atoms with Crippen LogP contribution in [0.15, 0.2) is 23.1 Å². The van der Waals surface area contributed by atoms with Gasteiger partial charge in [0.15, 0.2) is 0 Å².